The molecule has 0 aromatic carbocycles. The van der Waals surface area contributed by atoms with Gasteiger partial charge in [0, 0.05) is 24.7 Å². The van der Waals surface area contributed by atoms with Gasteiger partial charge >= 0.3 is 6.18 Å². The standard InChI is InChI=1S/C25H27F3N6O2/c1-12-13(2)31-23-22(30-12)21(17-10-18(25(26,27)28)16-7-15(17)8-16)32-24(33-23)34-5-6-36-19(11-34)14-3-4-29-20(35)9-14/h3-4,9,15-19H,5-8,10-11H2,1-2H3,(H,29,35)/t15?,16?,17-,18?,19?/m0/s1. The molecule has 3 atom stereocenters. The fourth-order valence-electron chi connectivity index (χ4n) is 5.98. The third-order valence-electron chi connectivity index (χ3n) is 8.11. The van der Waals surface area contributed by atoms with Crippen molar-refractivity contribution >= 4 is 17.1 Å². The van der Waals surface area contributed by atoms with Gasteiger partial charge in [-0.3, -0.25) is 4.79 Å². The second-order valence-corrected chi connectivity index (χ2v) is 10.2. The molecule has 1 saturated heterocycles. The largest absolute Gasteiger partial charge is 0.392 e. The summed E-state index contributed by atoms with van der Waals surface area (Å²) in [7, 11) is 0. The van der Waals surface area contributed by atoms with E-state index in [0.29, 0.717) is 55.3 Å². The average Bonchev–Trinajstić information content (AvgIpc) is 2.83. The number of hydrogen-bond donors (Lipinski definition) is 1. The van der Waals surface area contributed by atoms with Crippen molar-refractivity contribution in [2.75, 3.05) is 24.6 Å². The number of pyridine rings is 1. The summed E-state index contributed by atoms with van der Waals surface area (Å²) in [5.41, 5.74) is 3.45. The fraction of sp³-hybridized carbons (Fsp3) is 0.560. The maximum absolute atomic E-state index is 13.8. The number of nitrogens with zero attached hydrogens (tertiary/aromatic N) is 5. The van der Waals surface area contributed by atoms with Crippen LogP contribution in [0.2, 0.25) is 0 Å². The summed E-state index contributed by atoms with van der Waals surface area (Å²) in [6.45, 7) is 5.01. The number of anilines is 1. The molecule has 0 radical (unpaired) electrons. The van der Waals surface area contributed by atoms with Gasteiger partial charge in [0.25, 0.3) is 0 Å². The Balaban J connectivity index is 1.41. The average molecular weight is 501 g/mol. The predicted octanol–water partition coefficient (Wildman–Crippen LogP) is 3.99. The zero-order valence-corrected chi connectivity index (χ0v) is 20.0. The number of aryl methyl sites for hydroxylation is 2. The monoisotopic (exact) mass is 500 g/mol. The van der Waals surface area contributed by atoms with Crippen LogP contribution in [0.25, 0.3) is 11.2 Å². The highest BCUT2D eigenvalue weighted by atomic mass is 19.4. The quantitative estimate of drug-likeness (QED) is 0.581. The maximum Gasteiger partial charge on any atom is 0.392 e. The number of halogens is 3. The van der Waals surface area contributed by atoms with E-state index in [4.69, 9.17) is 19.7 Å². The summed E-state index contributed by atoms with van der Waals surface area (Å²) in [4.78, 5) is 35.3. The smallest absolute Gasteiger partial charge is 0.370 e. The van der Waals surface area contributed by atoms with Crippen LogP contribution < -0.4 is 10.5 Å². The molecule has 4 fully saturated rings. The number of aromatic nitrogens is 5. The molecule has 2 bridgehead atoms. The van der Waals surface area contributed by atoms with Gasteiger partial charge in [-0.25, -0.2) is 15.0 Å². The molecule has 0 amide bonds. The summed E-state index contributed by atoms with van der Waals surface area (Å²) in [6.07, 6.45) is -1.84. The van der Waals surface area contributed by atoms with Gasteiger partial charge in [-0.15, -0.1) is 0 Å². The van der Waals surface area contributed by atoms with Crippen molar-refractivity contribution in [1.82, 2.24) is 24.9 Å². The Morgan fingerprint density at radius 2 is 1.83 bits per heavy atom. The third kappa shape index (κ3) is 4.03. The first-order chi connectivity index (χ1) is 17.2. The Morgan fingerprint density at radius 1 is 1.06 bits per heavy atom. The Bertz CT molecular complexity index is 1370. The Hall–Kier alpha value is -3.08. The highest BCUT2D eigenvalue weighted by molar-refractivity contribution is 5.75. The van der Waals surface area contributed by atoms with Crippen LogP contribution in [0.1, 0.15) is 53.9 Å². The van der Waals surface area contributed by atoms with Gasteiger partial charge in [-0.1, -0.05) is 0 Å². The number of aromatic amines is 1. The molecule has 36 heavy (non-hydrogen) atoms. The molecule has 4 heterocycles. The number of nitrogens with one attached hydrogen (secondary N) is 1. The van der Waals surface area contributed by atoms with Crippen molar-refractivity contribution in [2.24, 2.45) is 17.8 Å². The molecule has 3 aliphatic carbocycles. The van der Waals surface area contributed by atoms with E-state index in [-0.39, 0.29) is 35.8 Å². The van der Waals surface area contributed by atoms with E-state index in [1.165, 1.54) is 6.07 Å². The molecule has 1 N–H and O–H groups in total. The van der Waals surface area contributed by atoms with Crippen molar-refractivity contribution in [3.8, 4) is 0 Å². The van der Waals surface area contributed by atoms with Gasteiger partial charge in [0.05, 0.1) is 36.2 Å². The second-order valence-electron chi connectivity index (χ2n) is 10.2. The van der Waals surface area contributed by atoms with Gasteiger partial charge in [-0.2, -0.15) is 18.2 Å². The first-order valence-corrected chi connectivity index (χ1v) is 12.3. The van der Waals surface area contributed by atoms with E-state index in [9.17, 15) is 18.0 Å². The van der Waals surface area contributed by atoms with Crippen LogP contribution in [0, 0.1) is 31.6 Å². The maximum atomic E-state index is 13.8. The zero-order chi connectivity index (χ0) is 25.2. The normalized spacial score (nSPS) is 28.2. The fourth-order valence-corrected chi connectivity index (χ4v) is 5.98. The lowest BCUT2D eigenvalue weighted by Gasteiger charge is -2.51. The molecule has 1 aliphatic heterocycles. The van der Waals surface area contributed by atoms with Crippen LogP contribution in [0.15, 0.2) is 23.1 Å². The van der Waals surface area contributed by atoms with Crippen molar-refractivity contribution in [2.45, 2.75) is 51.3 Å². The molecule has 7 rings (SSSR count). The van der Waals surface area contributed by atoms with Crippen molar-refractivity contribution < 1.29 is 17.9 Å². The van der Waals surface area contributed by atoms with Crippen LogP contribution in [-0.2, 0) is 4.74 Å². The van der Waals surface area contributed by atoms with E-state index in [1.807, 2.05) is 18.7 Å². The molecular weight excluding hydrogens is 473 g/mol. The van der Waals surface area contributed by atoms with E-state index in [0.717, 1.165) is 17.0 Å². The summed E-state index contributed by atoms with van der Waals surface area (Å²) < 4.78 is 47.4. The number of alkyl halides is 3. The molecule has 2 unspecified atom stereocenters. The predicted molar refractivity (Wildman–Crippen MR) is 126 cm³/mol. The van der Waals surface area contributed by atoms with Crippen molar-refractivity contribution in [3.05, 3.63) is 51.3 Å². The first-order valence-electron chi connectivity index (χ1n) is 12.3. The molecule has 3 aromatic heterocycles. The Kier molecular flexibility index (Phi) is 5.51. The third-order valence-corrected chi connectivity index (χ3v) is 8.11. The van der Waals surface area contributed by atoms with Crippen LogP contribution >= 0.6 is 0 Å². The molecule has 11 heteroatoms. The van der Waals surface area contributed by atoms with Crippen LogP contribution in [0.4, 0.5) is 19.1 Å². The summed E-state index contributed by atoms with van der Waals surface area (Å²) in [6, 6.07) is 3.30. The second kappa shape index (κ2) is 8.50. The minimum atomic E-state index is -4.22. The molecule has 3 saturated carbocycles. The highest BCUT2D eigenvalue weighted by Gasteiger charge is 2.56. The number of rotatable bonds is 3. The van der Waals surface area contributed by atoms with Crippen LogP contribution in [0.3, 0.4) is 0 Å². The van der Waals surface area contributed by atoms with E-state index < -0.39 is 12.1 Å². The Morgan fingerprint density at radius 3 is 2.58 bits per heavy atom. The number of H-pyrrole nitrogens is 1. The summed E-state index contributed by atoms with van der Waals surface area (Å²) in [5.74, 6) is -1.37. The molecule has 8 nitrogen and oxygen atoms in total. The lowest BCUT2D eigenvalue weighted by atomic mass is 9.54. The van der Waals surface area contributed by atoms with E-state index in [1.54, 1.807) is 12.3 Å². The van der Waals surface area contributed by atoms with Gasteiger partial charge in [-0.05, 0) is 56.6 Å². The van der Waals surface area contributed by atoms with Gasteiger partial charge in [0.1, 0.15) is 11.6 Å². The molecule has 190 valence electrons. The number of ether oxygens (including phenoxy) is 1. The number of fused-ring (bicyclic) bond motifs is 3. The zero-order valence-electron chi connectivity index (χ0n) is 20.0. The van der Waals surface area contributed by atoms with Gasteiger partial charge < -0.3 is 14.6 Å². The molecule has 0 spiro atoms. The van der Waals surface area contributed by atoms with Gasteiger partial charge in [0.2, 0.25) is 11.5 Å². The van der Waals surface area contributed by atoms with E-state index >= 15 is 0 Å². The topological polar surface area (TPSA) is 96.9 Å². The minimum absolute atomic E-state index is 0.0253. The van der Waals surface area contributed by atoms with Crippen molar-refractivity contribution in [3.63, 3.8) is 0 Å². The van der Waals surface area contributed by atoms with Crippen LogP contribution in [-0.4, -0.2) is 50.8 Å². The SMILES string of the molecule is Cc1nc2nc(N3CCOC(c4cc[nH]c(=O)c4)C3)nc([C@H]3CC(C(F)(F)F)C4CC3C4)c2nc1C. The lowest BCUT2D eigenvalue weighted by Crippen LogP contribution is -2.47. The van der Waals surface area contributed by atoms with Crippen molar-refractivity contribution in [1.29, 1.82) is 0 Å². The Labute approximate surface area is 205 Å². The highest BCUT2D eigenvalue weighted by Crippen LogP contribution is 2.59. The first kappa shape index (κ1) is 23.3. The number of hydrogen-bond acceptors (Lipinski definition) is 7. The van der Waals surface area contributed by atoms with E-state index in [2.05, 4.69) is 9.97 Å². The summed E-state index contributed by atoms with van der Waals surface area (Å²) >= 11 is 0. The number of morpholine rings is 1. The molecule has 4 aliphatic rings. The van der Waals surface area contributed by atoms with Crippen LogP contribution in [0.5, 0.6) is 0 Å². The molecule has 3 aromatic rings. The van der Waals surface area contributed by atoms with Gasteiger partial charge in [0.15, 0.2) is 5.65 Å². The summed E-state index contributed by atoms with van der Waals surface area (Å²) in [5, 5.41) is 0. The molecular formula is C25H27F3N6O2. The lowest BCUT2D eigenvalue weighted by molar-refractivity contribution is -0.219. The minimum Gasteiger partial charge on any atom is -0.370 e.